The van der Waals surface area contributed by atoms with E-state index < -0.39 is 10.1 Å². The Morgan fingerprint density at radius 2 is 2.00 bits per heavy atom. The molecule has 0 aliphatic rings. The van der Waals surface area contributed by atoms with Gasteiger partial charge in [-0.05, 0) is 36.4 Å². The zero-order valence-corrected chi connectivity index (χ0v) is 10.7. The van der Waals surface area contributed by atoms with Gasteiger partial charge in [0, 0.05) is 0 Å². The summed E-state index contributed by atoms with van der Waals surface area (Å²) in [6.07, 6.45) is 0. The Labute approximate surface area is 94.9 Å². The Bertz CT molecular complexity index is 382. The van der Waals surface area contributed by atoms with E-state index in [1.54, 1.807) is 18.4 Å². The second-order valence-electron chi connectivity index (χ2n) is 3.50. The number of hydrogen-bond acceptors (Lipinski definition) is 4. The van der Waals surface area contributed by atoms with Crippen LogP contribution in [0.5, 0.6) is 0 Å². The van der Waals surface area contributed by atoms with Gasteiger partial charge >= 0.3 is 10.1 Å². The van der Waals surface area contributed by atoms with Gasteiger partial charge in [-0.15, -0.1) is 11.3 Å². The van der Waals surface area contributed by atoms with Crippen LogP contribution in [-0.2, 0) is 10.1 Å². The maximum absolute atomic E-state index is 10.5. The highest BCUT2D eigenvalue weighted by molar-refractivity contribution is 7.88. The molecule has 0 bridgehead atoms. The minimum absolute atomic E-state index is 0.0347. The summed E-state index contributed by atoms with van der Waals surface area (Å²) in [5, 5.41) is 1.62. The Kier molecular flexibility index (Phi) is 6.04. The van der Waals surface area contributed by atoms with E-state index in [0.29, 0.717) is 11.5 Å². The second-order valence-corrected chi connectivity index (χ2v) is 6.03. The Hall–Kier alpha value is -0.430. The normalized spacial score (nSPS) is 11.1. The molecule has 0 radical (unpaired) electrons. The van der Waals surface area contributed by atoms with Crippen molar-refractivity contribution in [1.82, 2.24) is 0 Å². The van der Waals surface area contributed by atoms with Gasteiger partial charge in [-0.2, -0.15) is 8.42 Å². The van der Waals surface area contributed by atoms with Crippen molar-refractivity contribution in [3.8, 4) is 0 Å². The predicted molar refractivity (Wildman–Crippen MR) is 62.8 cm³/mol. The van der Waals surface area contributed by atoms with Crippen LogP contribution >= 0.6 is 11.3 Å². The van der Waals surface area contributed by atoms with Crippen molar-refractivity contribution in [1.29, 1.82) is 0 Å². The van der Waals surface area contributed by atoms with E-state index >= 15 is 0 Å². The van der Waals surface area contributed by atoms with E-state index in [9.17, 15) is 8.42 Å². The zero-order valence-electron chi connectivity index (χ0n) is 9.10. The molecular formula is C9H17NO3S2. The van der Waals surface area contributed by atoms with Crippen LogP contribution in [0.4, 0.5) is 0 Å². The lowest BCUT2D eigenvalue weighted by Crippen LogP contribution is -2.05. The fraction of sp³-hybridized carbons (Fsp3) is 0.556. The van der Waals surface area contributed by atoms with Gasteiger partial charge in [0.1, 0.15) is 4.21 Å². The highest BCUT2D eigenvalue weighted by Gasteiger charge is 2.13. The fourth-order valence-electron chi connectivity index (χ4n) is 0.623. The Morgan fingerprint density at radius 3 is 2.13 bits per heavy atom. The molecule has 0 saturated heterocycles. The molecule has 0 aromatic carbocycles. The molecule has 0 unspecified atom stereocenters. The molecule has 3 N–H and O–H groups in total. The molecule has 0 atom stereocenters. The molecular weight excluding hydrogens is 234 g/mol. The zero-order chi connectivity index (χ0) is 12.1. The largest absolute Gasteiger partial charge is 0.330 e. The highest BCUT2D eigenvalue weighted by Crippen LogP contribution is 2.20. The lowest BCUT2D eigenvalue weighted by molar-refractivity contribution is 0.485. The van der Waals surface area contributed by atoms with Gasteiger partial charge in [0.05, 0.1) is 0 Å². The van der Waals surface area contributed by atoms with Crippen molar-refractivity contribution in [3.05, 3.63) is 17.0 Å². The molecule has 1 rings (SSSR count). The van der Waals surface area contributed by atoms with Gasteiger partial charge in [0.25, 0.3) is 0 Å². The summed E-state index contributed by atoms with van der Waals surface area (Å²) in [5.41, 5.74) is 5.76. The molecule has 88 valence electrons. The summed E-state index contributed by atoms with van der Waals surface area (Å²) in [4.78, 5) is 0. The molecule has 4 nitrogen and oxygen atoms in total. The molecule has 0 saturated carbocycles. The summed E-state index contributed by atoms with van der Waals surface area (Å²) in [6.45, 7) is 6.64. The Morgan fingerprint density at radius 1 is 1.53 bits per heavy atom. The van der Waals surface area contributed by atoms with Crippen LogP contribution in [0.25, 0.3) is 0 Å². The van der Waals surface area contributed by atoms with Crippen LogP contribution in [0.2, 0.25) is 0 Å². The van der Waals surface area contributed by atoms with E-state index in [0.717, 1.165) is 17.9 Å². The van der Waals surface area contributed by atoms with E-state index in [1.165, 1.54) is 0 Å². The van der Waals surface area contributed by atoms with Crippen molar-refractivity contribution in [3.63, 3.8) is 0 Å². The molecule has 0 amide bonds. The maximum Gasteiger partial charge on any atom is 0.304 e. The average molecular weight is 251 g/mol. The van der Waals surface area contributed by atoms with Crippen LogP contribution < -0.4 is 5.73 Å². The minimum Gasteiger partial charge on any atom is -0.330 e. The van der Waals surface area contributed by atoms with E-state index in [4.69, 9.17) is 10.3 Å². The predicted octanol–water partition coefficient (Wildman–Crippen LogP) is 1.90. The van der Waals surface area contributed by atoms with Crippen LogP contribution in [0.1, 0.15) is 19.4 Å². The molecule has 15 heavy (non-hydrogen) atoms. The fourth-order valence-corrected chi connectivity index (χ4v) is 2.40. The van der Waals surface area contributed by atoms with Crippen molar-refractivity contribution < 1.29 is 13.0 Å². The lowest BCUT2D eigenvalue weighted by Gasteiger charge is -1.91. The summed E-state index contributed by atoms with van der Waals surface area (Å²) in [5.74, 6) is 0.662. The van der Waals surface area contributed by atoms with Crippen molar-refractivity contribution in [2.45, 2.75) is 25.0 Å². The third-order valence-corrected chi connectivity index (χ3v) is 4.04. The third-order valence-electron chi connectivity index (χ3n) is 1.52. The minimum atomic E-state index is -3.97. The monoisotopic (exact) mass is 251 g/mol. The molecule has 1 aromatic rings. The standard InChI is InChI=1S/C5H6O3S2.C4H11N/c1-4-2-3-9-5(4)10(6,7)8;1-4(2)3-5/h2-3H,1H3,(H,6,7,8);4H,3,5H2,1-2H3. The number of rotatable bonds is 2. The lowest BCUT2D eigenvalue weighted by atomic mass is 10.2. The Balaban J connectivity index is 0.000000336. The topological polar surface area (TPSA) is 80.4 Å². The van der Waals surface area contributed by atoms with E-state index in [1.807, 2.05) is 0 Å². The quantitative estimate of drug-likeness (QED) is 0.787. The van der Waals surface area contributed by atoms with Gasteiger partial charge in [-0.25, -0.2) is 0 Å². The first kappa shape index (κ1) is 14.6. The second kappa shape index (κ2) is 6.22. The summed E-state index contributed by atoms with van der Waals surface area (Å²) in [7, 11) is -3.97. The first-order valence-electron chi connectivity index (χ1n) is 4.50. The van der Waals surface area contributed by atoms with Gasteiger partial charge in [-0.3, -0.25) is 4.55 Å². The molecule has 6 heteroatoms. The van der Waals surface area contributed by atoms with Crippen molar-refractivity contribution >= 4 is 21.5 Å². The summed E-state index contributed by atoms with van der Waals surface area (Å²) >= 11 is 1.02. The van der Waals surface area contributed by atoms with Crippen molar-refractivity contribution in [2.24, 2.45) is 11.7 Å². The smallest absolute Gasteiger partial charge is 0.304 e. The highest BCUT2D eigenvalue weighted by atomic mass is 32.3. The number of nitrogens with two attached hydrogens (primary N) is 1. The van der Waals surface area contributed by atoms with Crippen LogP contribution in [0.15, 0.2) is 15.7 Å². The molecule has 0 spiro atoms. The number of aryl methyl sites for hydroxylation is 1. The number of thiophene rings is 1. The van der Waals surface area contributed by atoms with Gasteiger partial charge in [-0.1, -0.05) is 13.8 Å². The van der Waals surface area contributed by atoms with Crippen LogP contribution in [0, 0.1) is 12.8 Å². The van der Waals surface area contributed by atoms with Gasteiger partial charge in [0.15, 0.2) is 0 Å². The maximum atomic E-state index is 10.5. The van der Waals surface area contributed by atoms with Gasteiger partial charge < -0.3 is 5.73 Å². The molecule has 0 aliphatic heterocycles. The van der Waals surface area contributed by atoms with Crippen LogP contribution in [-0.4, -0.2) is 19.5 Å². The van der Waals surface area contributed by atoms with E-state index in [2.05, 4.69) is 13.8 Å². The van der Waals surface area contributed by atoms with Gasteiger partial charge in [0.2, 0.25) is 0 Å². The van der Waals surface area contributed by atoms with Crippen LogP contribution in [0.3, 0.4) is 0 Å². The number of hydrogen-bond donors (Lipinski definition) is 2. The molecule has 1 aromatic heterocycles. The SMILES string of the molecule is CC(C)CN.Cc1ccsc1S(=O)(=O)O. The molecule has 0 aliphatic carbocycles. The summed E-state index contributed by atoms with van der Waals surface area (Å²) < 4.78 is 29.5. The van der Waals surface area contributed by atoms with E-state index in [-0.39, 0.29) is 4.21 Å². The third kappa shape index (κ3) is 5.88. The molecule has 1 heterocycles. The molecule has 0 fully saturated rings. The van der Waals surface area contributed by atoms with Crippen molar-refractivity contribution in [2.75, 3.05) is 6.54 Å². The summed E-state index contributed by atoms with van der Waals surface area (Å²) in [6, 6.07) is 1.65. The average Bonchev–Trinajstić information content (AvgIpc) is 2.51. The first-order valence-corrected chi connectivity index (χ1v) is 6.82. The first-order chi connectivity index (χ1) is 6.79.